The lowest BCUT2D eigenvalue weighted by Crippen LogP contribution is -2.55. The van der Waals surface area contributed by atoms with Gasteiger partial charge in [0.2, 0.25) is 0 Å². The summed E-state index contributed by atoms with van der Waals surface area (Å²) in [6.07, 6.45) is 28.6. The third kappa shape index (κ3) is 4.15. The first-order valence-electron chi connectivity index (χ1n) is 15.7. The zero-order valence-electron chi connectivity index (χ0n) is 21.7. The van der Waals surface area contributed by atoms with Crippen molar-refractivity contribution < 1.29 is 0 Å². The van der Waals surface area contributed by atoms with Crippen LogP contribution in [0.3, 0.4) is 0 Å². The fraction of sp³-hybridized carbons (Fsp3) is 1.00. The van der Waals surface area contributed by atoms with Crippen molar-refractivity contribution in [3.8, 4) is 0 Å². The van der Waals surface area contributed by atoms with Crippen molar-refractivity contribution in [3.63, 3.8) is 0 Å². The van der Waals surface area contributed by atoms with Gasteiger partial charge in [-0.1, -0.05) is 78.1 Å². The molecule has 0 heterocycles. The van der Waals surface area contributed by atoms with Crippen molar-refractivity contribution in [2.24, 2.45) is 71.0 Å². The molecule has 0 aliphatic heterocycles. The molecule has 0 aromatic carbocycles. The summed E-state index contributed by atoms with van der Waals surface area (Å²) >= 11 is 0. The lowest BCUT2D eigenvalue weighted by Gasteiger charge is -2.62. The van der Waals surface area contributed by atoms with Crippen LogP contribution in [-0.2, 0) is 0 Å². The summed E-state index contributed by atoms with van der Waals surface area (Å²) in [6.45, 7) is 5.08. The Hall–Kier alpha value is 0. The molecule has 0 radical (unpaired) electrons. The molecule has 0 heteroatoms. The average molecular weight is 439 g/mol. The van der Waals surface area contributed by atoms with Gasteiger partial charge in [0, 0.05) is 0 Å². The van der Waals surface area contributed by atoms with Gasteiger partial charge in [-0.15, -0.1) is 0 Å². The molecule has 0 spiro atoms. The first-order chi connectivity index (χ1) is 15.7. The Labute approximate surface area is 200 Å². The van der Waals surface area contributed by atoms with E-state index in [0.717, 1.165) is 71.0 Å². The zero-order valence-corrected chi connectivity index (χ0v) is 21.7. The maximum Gasteiger partial charge on any atom is -0.0323 e. The summed E-state index contributed by atoms with van der Waals surface area (Å²) in [5.74, 6) is 13.3. The summed E-state index contributed by atoms with van der Waals surface area (Å²) in [7, 11) is 0. The molecule has 0 N–H and O–H groups in total. The van der Waals surface area contributed by atoms with E-state index in [0.29, 0.717) is 0 Å². The predicted molar refractivity (Wildman–Crippen MR) is 136 cm³/mol. The van der Waals surface area contributed by atoms with Gasteiger partial charge in [0.25, 0.3) is 0 Å². The highest BCUT2D eigenvalue weighted by Gasteiger charge is 2.57. The molecule has 0 aromatic rings. The number of fused-ring (bicyclic) bond motifs is 3. The van der Waals surface area contributed by atoms with Crippen molar-refractivity contribution in [1.82, 2.24) is 0 Å². The van der Waals surface area contributed by atoms with Crippen LogP contribution in [-0.4, -0.2) is 0 Å². The van der Waals surface area contributed by atoms with E-state index in [1.54, 1.807) is 116 Å². The van der Waals surface area contributed by atoms with Crippen LogP contribution in [0, 0.1) is 71.0 Å². The van der Waals surface area contributed by atoms with Gasteiger partial charge in [0.05, 0.1) is 0 Å². The normalized spacial score (nSPS) is 54.2. The molecule has 6 saturated carbocycles. The Morgan fingerprint density at radius 3 is 1.12 bits per heavy atom. The van der Waals surface area contributed by atoms with Crippen LogP contribution in [0.4, 0.5) is 0 Å². The Morgan fingerprint density at radius 2 is 0.719 bits per heavy atom. The molecule has 0 saturated heterocycles. The molecule has 182 valence electrons. The lowest BCUT2D eigenvalue weighted by atomic mass is 9.43. The minimum Gasteiger partial charge on any atom is -0.0625 e. The third-order valence-corrected chi connectivity index (χ3v) is 12.8. The van der Waals surface area contributed by atoms with Crippen molar-refractivity contribution in [2.75, 3.05) is 0 Å². The van der Waals surface area contributed by atoms with E-state index in [1.807, 2.05) is 0 Å². The minimum atomic E-state index is 1.01. The third-order valence-electron chi connectivity index (χ3n) is 12.8. The second kappa shape index (κ2) is 9.57. The van der Waals surface area contributed by atoms with E-state index < -0.39 is 0 Å². The summed E-state index contributed by atoms with van der Waals surface area (Å²) in [6, 6.07) is 0. The van der Waals surface area contributed by atoms with E-state index >= 15 is 0 Å². The zero-order chi connectivity index (χ0) is 21.7. The number of hydrogen-bond acceptors (Lipinski definition) is 0. The Kier molecular flexibility index (Phi) is 6.72. The van der Waals surface area contributed by atoms with Gasteiger partial charge in [-0.05, 0) is 122 Å². The first kappa shape index (κ1) is 22.5. The molecule has 32 heavy (non-hydrogen) atoms. The van der Waals surface area contributed by atoms with Gasteiger partial charge < -0.3 is 0 Å². The number of rotatable bonds is 2. The molecule has 6 rings (SSSR count). The highest BCUT2D eigenvalue weighted by molar-refractivity contribution is 5.05. The standard InChI is InChI=1S/C32H54/c1-21-11-15-23(16-12-21)31-27-9-5-6-10-28(27)32(24-17-13-22(2)14-18-24)30-20-26-8-4-3-7-25(26)19-29(30)31/h21-32H,3-20H2,1-2H3. The van der Waals surface area contributed by atoms with Crippen LogP contribution in [0.25, 0.3) is 0 Å². The van der Waals surface area contributed by atoms with Crippen LogP contribution in [0.5, 0.6) is 0 Å². The predicted octanol–water partition coefficient (Wildman–Crippen LogP) is 9.52. The maximum atomic E-state index is 2.54. The minimum absolute atomic E-state index is 1.01. The molecular formula is C32H54. The van der Waals surface area contributed by atoms with E-state index in [1.165, 1.54) is 0 Å². The van der Waals surface area contributed by atoms with Crippen LogP contribution in [0.1, 0.15) is 129 Å². The lowest BCUT2D eigenvalue weighted by molar-refractivity contribution is -0.135. The topological polar surface area (TPSA) is 0 Å². The van der Waals surface area contributed by atoms with E-state index in [9.17, 15) is 0 Å². The van der Waals surface area contributed by atoms with Gasteiger partial charge in [-0.3, -0.25) is 0 Å². The smallest absolute Gasteiger partial charge is 0.0323 e. The summed E-state index contributed by atoms with van der Waals surface area (Å²) < 4.78 is 0. The molecule has 8 unspecified atom stereocenters. The van der Waals surface area contributed by atoms with Gasteiger partial charge in [-0.25, -0.2) is 0 Å². The molecule has 8 atom stereocenters. The number of hydrogen-bond donors (Lipinski definition) is 0. The van der Waals surface area contributed by atoms with E-state index in [4.69, 9.17) is 0 Å². The second-order valence-corrected chi connectivity index (χ2v) is 14.4. The SMILES string of the molecule is CC1CCC(C2C3CCCCC3C(C3CCC(C)CC3)C3CC4CCCCC4CC32)CC1. The maximum absolute atomic E-state index is 2.54. The highest BCUT2D eigenvalue weighted by atomic mass is 14.6. The van der Waals surface area contributed by atoms with E-state index in [2.05, 4.69) is 13.8 Å². The fourth-order valence-corrected chi connectivity index (χ4v) is 11.4. The summed E-state index contributed by atoms with van der Waals surface area (Å²) in [5.41, 5.74) is 0. The van der Waals surface area contributed by atoms with Crippen LogP contribution >= 0.6 is 0 Å². The fourth-order valence-electron chi connectivity index (χ4n) is 11.4. The Balaban J connectivity index is 1.33. The van der Waals surface area contributed by atoms with Crippen LogP contribution in [0.2, 0.25) is 0 Å². The molecule has 0 bridgehead atoms. The molecule has 0 amide bonds. The van der Waals surface area contributed by atoms with Gasteiger partial charge in [0.15, 0.2) is 0 Å². The van der Waals surface area contributed by atoms with Crippen molar-refractivity contribution in [2.45, 2.75) is 129 Å². The van der Waals surface area contributed by atoms with Gasteiger partial charge in [0.1, 0.15) is 0 Å². The summed E-state index contributed by atoms with van der Waals surface area (Å²) in [4.78, 5) is 0. The largest absolute Gasteiger partial charge is 0.0625 e. The van der Waals surface area contributed by atoms with Crippen molar-refractivity contribution >= 4 is 0 Å². The first-order valence-corrected chi connectivity index (χ1v) is 15.7. The molecule has 6 aliphatic rings. The molecule has 0 aromatic heterocycles. The van der Waals surface area contributed by atoms with Crippen molar-refractivity contribution in [3.05, 3.63) is 0 Å². The molecule has 6 aliphatic carbocycles. The average Bonchev–Trinajstić information content (AvgIpc) is 2.83. The van der Waals surface area contributed by atoms with Crippen LogP contribution < -0.4 is 0 Å². The Bertz CT molecular complexity index is 552. The quantitative estimate of drug-likeness (QED) is 0.402. The van der Waals surface area contributed by atoms with Crippen LogP contribution in [0.15, 0.2) is 0 Å². The second-order valence-electron chi connectivity index (χ2n) is 14.4. The monoisotopic (exact) mass is 438 g/mol. The molecule has 0 nitrogen and oxygen atoms in total. The molecule has 6 fully saturated rings. The molecular weight excluding hydrogens is 384 g/mol. The summed E-state index contributed by atoms with van der Waals surface area (Å²) in [5, 5.41) is 0. The Morgan fingerprint density at radius 1 is 0.344 bits per heavy atom. The van der Waals surface area contributed by atoms with Gasteiger partial charge in [-0.2, -0.15) is 0 Å². The van der Waals surface area contributed by atoms with E-state index in [-0.39, 0.29) is 0 Å². The highest BCUT2D eigenvalue weighted by Crippen LogP contribution is 2.64. The van der Waals surface area contributed by atoms with Gasteiger partial charge >= 0.3 is 0 Å². The van der Waals surface area contributed by atoms with Crippen molar-refractivity contribution in [1.29, 1.82) is 0 Å².